The van der Waals surface area contributed by atoms with E-state index in [1.165, 1.54) is 13.0 Å². The van der Waals surface area contributed by atoms with Gasteiger partial charge in [-0.05, 0) is 51.2 Å². The third-order valence-electron chi connectivity index (χ3n) is 3.83. The van der Waals surface area contributed by atoms with Crippen LogP contribution in [0, 0.1) is 5.92 Å². The summed E-state index contributed by atoms with van der Waals surface area (Å²) in [5.41, 5.74) is 0. The van der Waals surface area contributed by atoms with E-state index in [4.69, 9.17) is 0 Å². The molecule has 19 heavy (non-hydrogen) atoms. The number of likely N-dealkylation sites (N-methyl/N-ethyl adjacent to an activating group) is 1. The molecule has 1 fully saturated rings. The second-order valence-electron chi connectivity index (χ2n) is 6.08. The Morgan fingerprint density at radius 2 is 1.95 bits per heavy atom. The molecule has 2 N–H and O–H groups in total. The third kappa shape index (κ3) is 5.91. The van der Waals surface area contributed by atoms with E-state index >= 15 is 0 Å². The van der Waals surface area contributed by atoms with Gasteiger partial charge in [0.2, 0.25) is 5.91 Å². The quantitative estimate of drug-likeness (QED) is 0.738. The molecule has 1 unspecified atom stereocenters. The van der Waals surface area contributed by atoms with Crippen LogP contribution in [0.3, 0.4) is 0 Å². The largest absolute Gasteiger partial charge is 0.358 e. The minimum atomic E-state index is -0.0345. The standard InChI is InChI=1S/C15H31N3O/c1-5-8-18-9-6-13(7-10-18)17-14(11-12(2)3)15(19)16-4/h12-14,17H,5-11H2,1-4H3,(H,16,19). The lowest BCUT2D eigenvalue weighted by Crippen LogP contribution is -2.51. The molecule has 4 nitrogen and oxygen atoms in total. The van der Waals surface area contributed by atoms with Gasteiger partial charge in [0, 0.05) is 13.1 Å². The Hall–Kier alpha value is -0.610. The molecule has 0 aromatic carbocycles. The van der Waals surface area contributed by atoms with Gasteiger partial charge in [-0.25, -0.2) is 0 Å². The van der Waals surface area contributed by atoms with Gasteiger partial charge < -0.3 is 15.5 Å². The zero-order chi connectivity index (χ0) is 14.3. The summed E-state index contributed by atoms with van der Waals surface area (Å²) >= 11 is 0. The van der Waals surface area contributed by atoms with Crippen molar-refractivity contribution < 1.29 is 4.79 Å². The fourth-order valence-corrected chi connectivity index (χ4v) is 2.82. The topological polar surface area (TPSA) is 44.4 Å². The fourth-order valence-electron chi connectivity index (χ4n) is 2.82. The number of piperidine rings is 1. The Balaban J connectivity index is 2.40. The number of carbonyl (C=O) groups is 1. The van der Waals surface area contributed by atoms with Crippen LogP contribution in [0.4, 0.5) is 0 Å². The molecule has 1 atom stereocenters. The average molecular weight is 269 g/mol. The smallest absolute Gasteiger partial charge is 0.236 e. The molecule has 0 saturated carbocycles. The molecule has 0 bridgehead atoms. The first kappa shape index (κ1) is 16.4. The molecule has 0 aromatic rings. The van der Waals surface area contributed by atoms with Crippen molar-refractivity contribution in [3.05, 3.63) is 0 Å². The summed E-state index contributed by atoms with van der Waals surface area (Å²) in [5, 5.41) is 6.34. The lowest BCUT2D eigenvalue weighted by atomic mass is 9.99. The Labute approximate surface area is 118 Å². The Morgan fingerprint density at radius 1 is 1.32 bits per heavy atom. The van der Waals surface area contributed by atoms with E-state index in [1.54, 1.807) is 7.05 Å². The summed E-state index contributed by atoms with van der Waals surface area (Å²) in [5.74, 6) is 0.666. The van der Waals surface area contributed by atoms with Crippen molar-refractivity contribution >= 4 is 5.91 Å². The van der Waals surface area contributed by atoms with E-state index in [9.17, 15) is 4.79 Å². The van der Waals surface area contributed by atoms with Crippen LogP contribution in [-0.2, 0) is 4.79 Å². The molecule has 1 aliphatic heterocycles. The number of nitrogens with one attached hydrogen (secondary N) is 2. The summed E-state index contributed by atoms with van der Waals surface area (Å²) < 4.78 is 0. The van der Waals surface area contributed by atoms with Gasteiger partial charge in [0.05, 0.1) is 6.04 Å². The molecule has 0 aliphatic carbocycles. The minimum Gasteiger partial charge on any atom is -0.358 e. The highest BCUT2D eigenvalue weighted by Gasteiger charge is 2.25. The van der Waals surface area contributed by atoms with Crippen LogP contribution in [-0.4, -0.2) is 49.6 Å². The van der Waals surface area contributed by atoms with Gasteiger partial charge in [-0.1, -0.05) is 20.8 Å². The molecule has 0 spiro atoms. The van der Waals surface area contributed by atoms with E-state index < -0.39 is 0 Å². The molecule has 1 rings (SSSR count). The van der Waals surface area contributed by atoms with Crippen molar-refractivity contribution in [1.29, 1.82) is 0 Å². The van der Waals surface area contributed by atoms with Gasteiger partial charge in [0.15, 0.2) is 0 Å². The maximum Gasteiger partial charge on any atom is 0.236 e. The van der Waals surface area contributed by atoms with Crippen LogP contribution in [0.1, 0.15) is 46.5 Å². The fraction of sp³-hybridized carbons (Fsp3) is 0.933. The first-order valence-corrected chi connectivity index (χ1v) is 7.76. The van der Waals surface area contributed by atoms with E-state index in [2.05, 4.69) is 36.3 Å². The maximum atomic E-state index is 11.9. The molecular weight excluding hydrogens is 238 g/mol. The molecule has 112 valence electrons. The van der Waals surface area contributed by atoms with Crippen molar-refractivity contribution in [2.45, 2.75) is 58.5 Å². The average Bonchev–Trinajstić information content (AvgIpc) is 2.39. The summed E-state index contributed by atoms with van der Waals surface area (Å²) in [4.78, 5) is 14.4. The summed E-state index contributed by atoms with van der Waals surface area (Å²) in [6.45, 7) is 10.1. The predicted molar refractivity (Wildman–Crippen MR) is 80.2 cm³/mol. The monoisotopic (exact) mass is 269 g/mol. The van der Waals surface area contributed by atoms with Crippen LogP contribution >= 0.6 is 0 Å². The normalized spacial score (nSPS) is 19.6. The first-order chi connectivity index (χ1) is 9.06. The third-order valence-corrected chi connectivity index (χ3v) is 3.83. The second kappa shape index (κ2) is 8.54. The van der Waals surface area contributed by atoms with E-state index in [0.29, 0.717) is 12.0 Å². The number of hydrogen-bond donors (Lipinski definition) is 2. The summed E-state index contributed by atoms with van der Waals surface area (Å²) in [6, 6.07) is 0.460. The molecular formula is C15H31N3O. The first-order valence-electron chi connectivity index (χ1n) is 7.76. The highest BCUT2D eigenvalue weighted by atomic mass is 16.2. The number of amides is 1. The minimum absolute atomic E-state index is 0.0345. The molecule has 0 aromatic heterocycles. The number of hydrogen-bond acceptors (Lipinski definition) is 3. The van der Waals surface area contributed by atoms with E-state index in [0.717, 1.165) is 32.4 Å². The molecule has 1 heterocycles. The van der Waals surface area contributed by atoms with Crippen molar-refractivity contribution in [3.8, 4) is 0 Å². The van der Waals surface area contributed by atoms with Gasteiger partial charge >= 0.3 is 0 Å². The lowest BCUT2D eigenvalue weighted by Gasteiger charge is -2.34. The molecule has 4 heteroatoms. The van der Waals surface area contributed by atoms with Gasteiger partial charge in [0.25, 0.3) is 0 Å². The van der Waals surface area contributed by atoms with Crippen molar-refractivity contribution in [2.75, 3.05) is 26.7 Å². The van der Waals surface area contributed by atoms with Crippen molar-refractivity contribution in [2.24, 2.45) is 5.92 Å². The van der Waals surface area contributed by atoms with E-state index in [-0.39, 0.29) is 11.9 Å². The van der Waals surface area contributed by atoms with Gasteiger partial charge in [-0.15, -0.1) is 0 Å². The SMILES string of the molecule is CCCN1CCC(NC(CC(C)C)C(=O)NC)CC1. The number of nitrogens with zero attached hydrogens (tertiary/aromatic N) is 1. The number of carbonyl (C=O) groups excluding carboxylic acids is 1. The van der Waals surface area contributed by atoms with Crippen LogP contribution < -0.4 is 10.6 Å². The summed E-state index contributed by atoms with van der Waals surface area (Å²) in [6.07, 6.45) is 4.46. The Morgan fingerprint density at radius 3 is 2.42 bits per heavy atom. The molecule has 1 aliphatic rings. The van der Waals surface area contributed by atoms with Crippen LogP contribution in [0.25, 0.3) is 0 Å². The Bertz CT molecular complexity index is 260. The summed E-state index contributed by atoms with van der Waals surface area (Å²) in [7, 11) is 1.72. The molecule has 0 radical (unpaired) electrons. The van der Waals surface area contributed by atoms with E-state index in [1.807, 2.05) is 0 Å². The van der Waals surface area contributed by atoms with Gasteiger partial charge in [0.1, 0.15) is 0 Å². The zero-order valence-corrected chi connectivity index (χ0v) is 13.0. The van der Waals surface area contributed by atoms with Gasteiger partial charge in [-0.2, -0.15) is 0 Å². The highest BCUT2D eigenvalue weighted by molar-refractivity contribution is 5.81. The highest BCUT2D eigenvalue weighted by Crippen LogP contribution is 2.13. The van der Waals surface area contributed by atoms with Crippen LogP contribution in [0.5, 0.6) is 0 Å². The van der Waals surface area contributed by atoms with Gasteiger partial charge in [-0.3, -0.25) is 4.79 Å². The predicted octanol–water partition coefficient (Wildman–Crippen LogP) is 1.61. The molecule has 1 saturated heterocycles. The number of likely N-dealkylation sites (tertiary alicyclic amines) is 1. The second-order valence-corrected chi connectivity index (χ2v) is 6.08. The lowest BCUT2D eigenvalue weighted by molar-refractivity contribution is -0.123. The maximum absolute atomic E-state index is 11.9. The number of rotatable bonds is 7. The van der Waals surface area contributed by atoms with Crippen LogP contribution in [0.2, 0.25) is 0 Å². The van der Waals surface area contributed by atoms with Crippen LogP contribution in [0.15, 0.2) is 0 Å². The van der Waals surface area contributed by atoms with Crippen molar-refractivity contribution in [3.63, 3.8) is 0 Å². The zero-order valence-electron chi connectivity index (χ0n) is 13.0. The Kier molecular flexibility index (Phi) is 7.39. The molecule has 1 amide bonds. The van der Waals surface area contributed by atoms with Crippen molar-refractivity contribution in [1.82, 2.24) is 15.5 Å².